The molecule has 0 saturated carbocycles. The average Bonchev–Trinajstić information content (AvgIpc) is 2.31. The van der Waals surface area contributed by atoms with Gasteiger partial charge in [0, 0.05) is 0 Å². The fraction of sp³-hybridized carbons (Fsp3) is 0.250. The summed E-state index contributed by atoms with van der Waals surface area (Å²) in [6, 6.07) is 13.5. The molecule has 94 valence electrons. The van der Waals surface area contributed by atoms with Crippen molar-refractivity contribution in [1.82, 2.24) is 5.32 Å². The van der Waals surface area contributed by atoms with Gasteiger partial charge in [-0.05, 0) is 49.7 Å². The van der Waals surface area contributed by atoms with Gasteiger partial charge in [-0.1, -0.05) is 35.9 Å². The SMILES string of the molecule is CNC(c1ccc(C)cc1)c1cc(C)cc(F)c1. The maximum absolute atomic E-state index is 13.5. The van der Waals surface area contributed by atoms with Crippen molar-refractivity contribution in [2.75, 3.05) is 7.05 Å². The first kappa shape index (κ1) is 12.8. The molecule has 0 spiro atoms. The van der Waals surface area contributed by atoms with E-state index < -0.39 is 0 Å². The summed E-state index contributed by atoms with van der Waals surface area (Å²) in [6.07, 6.45) is 0. The number of halogens is 1. The maximum atomic E-state index is 13.5. The fourth-order valence-corrected chi connectivity index (χ4v) is 2.22. The second-order valence-corrected chi connectivity index (χ2v) is 4.69. The van der Waals surface area contributed by atoms with Crippen molar-refractivity contribution in [1.29, 1.82) is 0 Å². The highest BCUT2D eigenvalue weighted by atomic mass is 19.1. The smallest absolute Gasteiger partial charge is 0.123 e. The van der Waals surface area contributed by atoms with Gasteiger partial charge in [-0.2, -0.15) is 0 Å². The highest BCUT2D eigenvalue weighted by Crippen LogP contribution is 2.23. The van der Waals surface area contributed by atoms with Crippen molar-refractivity contribution in [3.8, 4) is 0 Å². The van der Waals surface area contributed by atoms with Crippen molar-refractivity contribution in [3.05, 3.63) is 70.5 Å². The molecule has 1 nitrogen and oxygen atoms in total. The summed E-state index contributed by atoms with van der Waals surface area (Å²) in [6.45, 7) is 3.97. The van der Waals surface area contributed by atoms with Crippen molar-refractivity contribution < 1.29 is 4.39 Å². The molecule has 0 fully saturated rings. The lowest BCUT2D eigenvalue weighted by Gasteiger charge is -2.18. The van der Waals surface area contributed by atoms with E-state index in [1.54, 1.807) is 12.1 Å². The molecule has 0 amide bonds. The third-order valence-electron chi connectivity index (χ3n) is 3.10. The van der Waals surface area contributed by atoms with Gasteiger partial charge < -0.3 is 5.32 Å². The Hall–Kier alpha value is -1.67. The van der Waals surface area contributed by atoms with Crippen molar-refractivity contribution in [3.63, 3.8) is 0 Å². The van der Waals surface area contributed by atoms with Crippen LogP contribution in [0.4, 0.5) is 4.39 Å². The molecule has 0 aromatic heterocycles. The Kier molecular flexibility index (Phi) is 3.78. The van der Waals surface area contributed by atoms with Crippen LogP contribution in [0.1, 0.15) is 28.3 Å². The van der Waals surface area contributed by atoms with Crippen LogP contribution in [0.2, 0.25) is 0 Å². The van der Waals surface area contributed by atoms with Crippen molar-refractivity contribution >= 4 is 0 Å². The molecular formula is C16H18FN. The second kappa shape index (κ2) is 5.32. The predicted molar refractivity (Wildman–Crippen MR) is 73.2 cm³/mol. The van der Waals surface area contributed by atoms with Gasteiger partial charge in [-0.3, -0.25) is 0 Å². The Morgan fingerprint density at radius 2 is 1.56 bits per heavy atom. The number of nitrogens with one attached hydrogen (secondary N) is 1. The summed E-state index contributed by atoms with van der Waals surface area (Å²) >= 11 is 0. The molecule has 18 heavy (non-hydrogen) atoms. The number of benzene rings is 2. The van der Waals surface area contributed by atoms with Gasteiger partial charge in [-0.15, -0.1) is 0 Å². The van der Waals surface area contributed by atoms with Crippen LogP contribution < -0.4 is 5.32 Å². The summed E-state index contributed by atoms with van der Waals surface area (Å²) in [4.78, 5) is 0. The van der Waals surface area contributed by atoms with E-state index in [1.165, 1.54) is 5.56 Å². The van der Waals surface area contributed by atoms with Gasteiger partial charge in [-0.25, -0.2) is 4.39 Å². The molecule has 2 rings (SSSR count). The molecule has 0 aliphatic rings. The lowest BCUT2D eigenvalue weighted by Crippen LogP contribution is -2.18. The van der Waals surface area contributed by atoms with Crippen molar-refractivity contribution in [2.24, 2.45) is 0 Å². The quantitative estimate of drug-likeness (QED) is 0.865. The molecule has 0 saturated heterocycles. The monoisotopic (exact) mass is 243 g/mol. The zero-order chi connectivity index (χ0) is 13.1. The average molecular weight is 243 g/mol. The van der Waals surface area contributed by atoms with E-state index in [0.29, 0.717) is 0 Å². The van der Waals surface area contributed by atoms with Gasteiger partial charge in [0.05, 0.1) is 6.04 Å². The van der Waals surface area contributed by atoms with Gasteiger partial charge in [0.15, 0.2) is 0 Å². The molecule has 2 aromatic rings. The van der Waals surface area contributed by atoms with Crippen LogP contribution in [0.3, 0.4) is 0 Å². The van der Waals surface area contributed by atoms with Gasteiger partial charge in [0.25, 0.3) is 0 Å². The first-order valence-corrected chi connectivity index (χ1v) is 6.11. The molecule has 0 bridgehead atoms. The molecule has 1 unspecified atom stereocenters. The van der Waals surface area contributed by atoms with Crippen LogP contribution in [0.25, 0.3) is 0 Å². The van der Waals surface area contributed by atoms with Crippen LogP contribution in [-0.4, -0.2) is 7.05 Å². The molecule has 0 heterocycles. The summed E-state index contributed by atoms with van der Waals surface area (Å²) in [7, 11) is 1.89. The molecule has 2 aromatic carbocycles. The van der Waals surface area contributed by atoms with Gasteiger partial charge >= 0.3 is 0 Å². The Labute approximate surface area is 108 Å². The molecule has 0 aliphatic carbocycles. The standard InChI is InChI=1S/C16H18FN/c1-11-4-6-13(7-5-11)16(18-3)14-8-12(2)9-15(17)10-14/h4-10,16,18H,1-3H3. The van der Waals surface area contributed by atoms with Crippen LogP contribution >= 0.6 is 0 Å². The zero-order valence-electron chi connectivity index (χ0n) is 11.0. The number of rotatable bonds is 3. The maximum Gasteiger partial charge on any atom is 0.123 e. The molecular weight excluding hydrogens is 225 g/mol. The number of hydrogen-bond donors (Lipinski definition) is 1. The third-order valence-corrected chi connectivity index (χ3v) is 3.10. The molecule has 0 radical (unpaired) electrons. The lowest BCUT2D eigenvalue weighted by atomic mass is 9.96. The minimum atomic E-state index is -0.183. The lowest BCUT2D eigenvalue weighted by molar-refractivity contribution is 0.615. The Balaban J connectivity index is 2.41. The summed E-state index contributed by atoms with van der Waals surface area (Å²) in [5.41, 5.74) is 4.27. The second-order valence-electron chi connectivity index (χ2n) is 4.69. The van der Waals surface area contributed by atoms with Gasteiger partial charge in [0.1, 0.15) is 5.82 Å². The summed E-state index contributed by atoms with van der Waals surface area (Å²) in [5, 5.41) is 3.24. The molecule has 1 atom stereocenters. The highest BCUT2D eigenvalue weighted by molar-refractivity contribution is 5.35. The first-order chi connectivity index (χ1) is 8.60. The van der Waals surface area contributed by atoms with E-state index >= 15 is 0 Å². The largest absolute Gasteiger partial charge is 0.309 e. The third kappa shape index (κ3) is 2.77. The number of hydrogen-bond acceptors (Lipinski definition) is 1. The van der Waals surface area contributed by atoms with E-state index in [0.717, 1.165) is 16.7 Å². The minimum Gasteiger partial charge on any atom is -0.309 e. The summed E-state index contributed by atoms with van der Waals surface area (Å²) in [5.74, 6) is -0.183. The van der Waals surface area contributed by atoms with Crippen LogP contribution in [0.15, 0.2) is 42.5 Å². The predicted octanol–water partition coefficient (Wildman–Crippen LogP) is 3.75. The van der Waals surface area contributed by atoms with E-state index in [9.17, 15) is 4.39 Å². The van der Waals surface area contributed by atoms with E-state index in [-0.39, 0.29) is 11.9 Å². The zero-order valence-corrected chi connectivity index (χ0v) is 11.0. The highest BCUT2D eigenvalue weighted by Gasteiger charge is 2.12. The molecule has 2 heteroatoms. The molecule has 0 aliphatic heterocycles. The van der Waals surface area contributed by atoms with Gasteiger partial charge in [0.2, 0.25) is 0 Å². The Morgan fingerprint density at radius 3 is 2.11 bits per heavy atom. The van der Waals surface area contributed by atoms with Crippen LogP contribution in [0.5, 0.6) is 0 Å². The summed E-state index contributed by atoms with van der Waals surface area (Å²) < 4.78 is 13.5. The Bertz CT molecular complexity index is 511. The van der Waals surface area contributed by atoms with Crippen LogP contribution in [-0.2, 0) is 0 Å². The van der Waals surface area contributed by atoms with E-state index in [1.807, 2.05) is 20.0 Å². The topological polar surface area (TPSA) is 12.0 Å². The van der Waals surface area contributed by atoms with E-state index in [2.05, 4.69) is 36.5 Å². The normalized spacial score (nSPS) is 12.4. The Morgan fingerprint density at radius 1 is 0.889 bits per heavy atom. The minimum absolute atomic E-state index is 0.0278. The van der Waals surface area contributed by atoms with Crippen LogP contribution in [0, 0.1) is 19.7 Å². The van der Waals surface area contributed by atoms with Crippen molar-refractivity contribution in [2.45, 2.75) is 19.9 Å². The fourth-order valence-electron chi connectivity index (χ4n) is 2.22. The molecule has 1 N–H and O–H groups in total. The number of aryl methyl sites for hydroxylation is 2. The van der Waals surface area contributed by atoms with E-state index in [4.69, 9.17) is 0 Å². The first-order valence-electron chi connectivity index (χ1n) is 6.11.